The second kappa shape index (κ2) is 4.93. The third kappa shape index (κ3) is 2.86. The number of imidazole rings is 1. The molecule has 0 N–H and O–H groups in total. The van der Waals surface area contributed by atoms with Gasteiger partial charge in [0.2, 0.25) is 0 Å². The SMILES string of the molecule is c1cn2c(n1)C(CN(CC1CC1)CC1CC1)CCC2. The molecule has 4 rings (SSSR count). The van der Waals surface area contributed by atoms with Crippen LogP contribution in [-0.2, 0) is 6.54 Å². The number of aryl methyl sites for hydroxylation is 1. The summed E-state index contributed by atoms with van der Waals surface area (Å²) >= 11 is 0. The molecule has 2 aliphatic carbocycles. The summed E-state index contributed by atoms with van der Waals surface area (Å²) in [6.07, 6.45) is 12.7. The molecule has 1 unspecified atom stereocenters. The first-order chi connectivity index (χ1) is 9.38. The summed E-state index contributed by atoms with van der Waals surface area (Å²) in [5, 5.41) is 0. The van der Waals surface area contributed by atoms with Gasteiger partial charge in [-0.2, -0.15) is 0 Å². The molecule has 2 saturated carbocycles. The smallest absolute Gasteiger partial charge is 0.113 e. The first-order valence-electron chi connectivity index (χ1n) is 8.12. The van der Waals surface area contributed by atoms with Crippen molar-refractivity contribution in [2.75, 3.05) is 19.6 Å². The van der Waals surface area contributed by atoms with E-state index in [2.05, 4.69) is 20.6 Å². The predicted molar refractivity (Wildman–Crippen MR) is 76.1 cm³/mol. The normalized spacial score (nSPS) is 26.7. The van der Waals surface area contributed by atoms with Gasteiger partial charge in [0.05, 0.1) is 0 Å². The largest absolute Gasteiger partial charge is 0.335 e. The molecule has 1 aromatic rings. The molecule has 104 valence electrons. The first kappa shape index (κ1) is 12.0. The molecule has 1 aliphatic heterocycles. The molecule has 0 bridgehead atoms. The van der Waals surface area contributed by atoms with E-state index in [1.807, 2.05) is 6.20 Å². The summed E-state index contributed by atoms with van der Waals surface area (Å²) < 4.78 is 2.38. The molecular weight excluding hydrogens is 234 g/mol. The van der Waals surface area contributed by atoms with Gasteiger partial charge in [-0.05, 0) is 50.4 Å². The molecule has 2 heterocycles. The highest BCUT2D eigenvalue weighted by Crippen LogP contribution is 2.35. The van der Waals surface area contributed by atoms with E-state index in [1.165, 1.54) is 70.5 Å². The molecule has 0 amide bonds. The van der Waals surface area contributed by atoms with Crippen molar-refractivity contribution in [3.05, 3.63) is 18.2 Å². The van der Waals surface area contributed by atoms with Crippen LogP contribution in [0.15, 0.2) is 12.4 Å². The molecule has 0 saturated heterocycles. The standard InChI is InChI=1S/C16H25N3/c1-2-15(16-17-7-9-19(16)8-1)12-18(10-13-3-4-13)11-14-5-6-14/h7,9,13-15H,1-6,8,10-12H2. The minimum Gasteiger partial charge on any atom is -0.335 e. The van der Waals surface area contributed by atoms with Gasteiger partial charge in [0.15, 0.2) is 0 Å². The zero-order valence-electron chi connectivity index (χ0n) is 11.8. The van der Waals surface area contributed by atoms with E-state index in [1.54, 1.807) is 0 Å². The van der Waals surface area contributed by atoms with Gasteiger partial charge in [0, 0.05) is 44.5 Å². The summed E-state index contributed by atoms with van der Waals surface area (Å²) in [6, 6.07) is 0. The molecule has 2 fully saturated rings. The monoisotopic (exact) mass is 259 g/mol. The van der Waals surface area contributed by atoms with E-state index in [9.17, 15) is 0 Å². The summed E-state index contributed by atoms with van der Waals surface area (Å²) in [6.45, 7) is 5.14. The Hall–Kier alpha value is -0.830. The van der Waals surface area contributed by atoms with Crippen LogP contribution in [-0.4, -0.2) is 34.1 Å². The van der Waals surface area contributed by atoms with Crippen molar-refractivity contribution < 1.29 is 0 Å². The van der Waals surface area contributed by atoms with Crippen LogP contribution >= 0.6 is 0 Å². The van der Waals surface area contributed by atoms with Crippen molar-refractivity contribution in [1.82, 2.24) is 14.5 Å². The summed E-state index contributed by atoms with van der Waals surface area (Å²) in [7, 11) is 0. The van der Waals surface area contributed by atoms with E-state index in [0.717, 1.165) is 11.8 Å². The highest BCUT2D eigenvalue weighted by Gasteiger charge is 2.31. The predicted octanol–water partition coefficient (Wildman–Crippen LogP) is 2.88. The Morgan fingerprint density at radius 3 is 2.47 bits per heavy atom. The van der Waals surface area contributed by atoms with E-state index >= 15 is 0 Å². The average Bonchev–Trinajstić information content (AvgIpc) is 3.32. The van der Waals surface area contributed by atoms with Gasteiger partial charge < -0.3 is 9.47 Å². The topological polar surface area (TPSA) is 21.1 Å². The lowest BCUT2D eigenvalue weighted by molar-refractivity contribution is 0.221. The fourth-order valence-electron chi connectivity index (χ4n) is 3.55. The molecular formula is C16H25N3. The molecule has 0 spiro atoms. The van der Waals surface area contributed by atoms with Crippen LogP contribution in [0.5, 0.6) is 0 Å². The molecule has 1 aromatic heterocycles. The summed E-state index contributed by atoms with van der Waals surface area (Å²) in [5.41, 5.74) is 0. The van der Waals surface area contributed by atoms with Crippen molar-refractivity contribution in [2.24, 2.45) is 11.8 Å². The zero-order chi connectivity index (χ0) is 12.7. The number of nitrogens with zero attached hydrogens (tertiary/aromatic N) is 3. The quantitative estimate of drug-likeness (QED) is 0.783. The van der Waals surface area contributed by atoms with Crippen molar-refractivity contribution in [2.45, 2.75) is 51.0 Å². The van der Waals surface area contributed by atoms with Crippen LogP contribution in [0.1, 0.15) is 50.3 Å². The zero-order valence-corrected chi connectivity index (χ0v) is 11.8. The van der Waals surface area contributed by atoms with Gasteiger partial charge in [0.25, 0.3) is 0 Å². The molecule has 1 atom stereocenters. The van der Waals surface area contributed by atoms with Crippen LogP contribution in [0.2, 0.25) is 0 Å². The third-order valence-electron chi connectivity index (χ3n) is 4.97. The lowest BCUT2D eigenvalue weighted by Crippen LogP contribution is -2.34. The fraction of sp³-hybridized carbons (Fsp3) is 0.812. The maximum absolute atomic E-state index is 4.62. The number of fused-ring (bicyclic) bond motifs is 1. The Morgan fingerprint density at radius 1 is 1.05 bits per heavy atom. The Labute approximate surface area is 116 Å². The Balaban J connectivity index is 1.42. The van der Waals surface area contributed by atoms with Crippen LogP contribution in [0, 0.1) is 11.8 Å². The lowest BCUT2D eigenvalue weighted by Gasteiger charge is -2.30. The van der Waals surface area contributed by atoms with E-state index in [4.69, 9.17) is 0 Å². The minimum atomic E-state index is 0.682. The van der Waals surface area contributed by atoms with Crippen LogP contribution in [0.4, 0.5) is 0 Å². The van der Waals surface area contributed by atoms with E-state index < -0.39 is 0 Å². The van der Waals surface area contributed by atoms with Crippen LogP contribution in [0.25, 0.3) is 0 Å². The fourth-order valence-corrected chi connectivity index (χ4v) is 3.55. The second-order valence-corrected chi connectivity index (χ2v) is 6.92. The van der Waals surface area contributed by atoms with Gasteiger partial charge in [-0.1, -0.05) is 0 Å². The van der Waals surface area contributed by atoms with Gasteiger partial charge in [-0.25, -0.2) is 4.98 Å². The molecule has 3 aliphatic rings. The highest BCUT2D eigenvalue weighted by atomic mass is 15.2. The van der Waals surface area contributed by atoms with Gasteiger partial charge >= 0.3 is 0 Å². The number of hydrogen-bond acceptors (Lipinski definition) is 2. The van der Waals surface area contributed by atoms with Crippen molar-refractivity contribution >= 4 is 0 Å². The Morgan fingerprint density at radius 2 is 1.79 bits per heavy atom. The summed E-state index contributed by atoms with van der Waals surface area (Å²) in [4.78, 5) is 7.39. The Bertz CT molecular complexity index is 417. The molecule has 0 radical (unpaired) electrons. The van der Waals surface area contributed by atoms with Gasteiger partial charge in [-0.15, -0.1) is 0 Å². The third-order valence-corrected chi connectivity index (χ3v) is 4.97. The maximum Gasteiger partial charge on any atom is 0.113 e. The molecule has 0 aromatic carbocycles. The van der Waals surface area contributed by atoms with E-state index in [-0.39, 0.29) is 0 Å². The maximum atomic E-state index is 4.62. The van der Waals surface area contributed by atoms with Gasteiger partial charge in [-0.3, -0.25) is 0 Å². The van der Waals surface area contributed by atoms with Crippen LogP contribution in [0.3, 0.4) is 0 Å². The minimum absolute atomic E-state index is 0.682. The molecule has 3 nitrogen and oxygen atoms in total. The first-order valence-corrected chi connectivity index (χ1v) is 8.12. The lowest BCUT2D eigenvalue weighted by atomic mass is 9.98. The Kier molecular flexibility index (Phi) is 3.10. The van der Waals surface area contributed by atoms with Gasteiger partial charge in [0.1, 0.15) is 5.82 Å². The van der Waals surface area contributed by atoms with Crippen LogP contribution < -0.4 is 0 Å². The van der Waals surface area contributed by atoms with E-state index in [0.29, 0.717) is 5.92 Å². The summed E-state index contributed by atoms with van der Waals surface area (Å²) in [5.74, 6) is 4.06. The number of rotatable bonds is 6. The average molecular weight is 259 g/mol. The second-order valence-electron chi connectivity index (χ2n) is 6.92. The number of aromatic nitrogens is 2. The highest BCUT2D eigenvalue weighted by molar-refractivity contribution is 5.04. The molecule has 3 heteroatoms. The van der Waals surface area contributed by atoms with Crippen molar-refractivity contribution in [3.8, 4) is 0 Å². The van der Waals surface area contributed by atoms with Crippen molar-refractivity contribution in [1.29, 1.82) is 0 Å². The number of hydrogen-bond donors (Lipinski definition) is 0. The van der Waals surface area contributed by atoms with Crippen molar-refractivity contribution in [3.63, 3.8) is 0 Å². The molecule has 19 heavy (non-hydrogen) atoms.